The molecule has 0 saturated carbocycles. The van der Waals surface area contributed by atoms with Gasteiger partial charge in [-0.3, -0.25) is 4.79 Å². The molecule has 5 N–H and O–H groups in total. The van der Waals surface area contributed by atoms with Gasteiger partial charge in [-0.1, -0.05) is 55.3 Å². The highest BCUT2D eigenvalue weighted by molar-refractivity contribution is 6.40. The second kappa shape index (κ2) is 10.9. The third-order valence-corrected chi connectivity index (χ3v) is 4.76. The molecule has 0 aliphatic carbocycles. The molecule has 0 spiro atoms. The summed E-state index contributed by atoms with van der Waals surface area (Å²) in [6.07, 6.45) is 2.38. The quantitative estimate of drug-likeness (QED) is 0.330. The predicted octanol–water partition coefficient (Wildman–Crippen LogP) is 2.94. The number of carboxylic acids is 1. The summed E-state index contributed by atoms with van der Waals surface area (Å²) in [6.45, 7) is 0.381. The lowest BCUT2D eigenvalue weighted by Gasteiger charge is -2.24. The molecule has 0 saturated heterocycles. The van der Waals surface area contributed by atoms with E-state index >= 15 is 0 Å². The molecule has 0 bridgehead atoms. The summed E-state index contributed by atoms with van der Waals surface area (Å²) in [5.74, 6) is -0.307. The lowest BCUT2D eigenvalue weighted by atomic mass is 9.81. The Balaban J connectivity index is 1.77. The number of hydrogen-bond donors (Lipinski definition) is 4. The number of ether oxygens (including phenoxy) is 1. The molecule has 1 unspecified atom stereocenters. The molecule has 0 aliphatic rings. The van der Waals surface area contributed by atoms with Gasteiger partial charge in [0, 0.05) is 0 Å². The van der Waals surface area contributed by atoms with Crippen molar-refractivity contribution in [1.82, 2.24) is 0 Å². The van der Waals surface area contributed by atoms with Crippen LogP contribution in [0.3, 0.4) is 0 Å². The predicted molar refractivity (Wildman–Crippen MR) is 110 cm³/mol. The van der Waals surface area contributed by atoms with Crippen LogP contribution in [0.2, 0.25) is 6.32 Å². The summed E-state index contributed by atoms with van der Waals surface area (Å²) >= 11 is 0. The van der Waals surface area contributed by atoms with Crippen molar-refractivity contribution >= 4 is 13.1 Å². The summed E-state index contributed by atoms with van der Waals surface area (Å²) in [5.41, 5.74) is 6.96. The van der Waals surface area contributed by atoms with Gasteiger partial charge in [0.15, 0.2) is 0 Å². The molecule has 1 atom stereocenters. The monoisotopic (exact) mass is 385 g/mol. The van der Waals surface area contributed by atoms with E-state index in [1.54, 1.807) is 0 Å². The first-order chi connectivity index (χ1) is 13.4. The molecule has 2 aromatic carbocycles. The third-order valence-electron chi connectivity index (χ3n) is 4.76. The summed E-state index contributed by atoms with van der Waals surface area (Å²) in [7, 11) is -1.36. The number of aliphatic carboxylic acids is 1. The molecular weight excluding hydrogens is 357 g/mol. The summed E-state index contributed by atoms with van der Waals surface area (Å²) in [5, 5.41) is 27.1. The van der Waals surface area contributed by atoms with Gasteiger partial charge in [0.05, 0.1) is 6.61 Å². The fraction of sp³-hybridized carbons (Fsp3) is 0.381. The van der Waals surface area contributed by atoms with E-state index in [0.717, 1.165) is 16.9 Å². The van der Waals surface area contributed by atoms with Crippen LogP contribution in [-0.2, 0) is 4.79 Å². The van der Waals surface area contributed by atoms with Crippen LogP contribution < -0.4 is 10.5 Å². The molecule has 2 aromatic rings. The highest BCUT2D eigenvalue weighted by atomic mass is 16.5. The van der Waals surface area contributed by atoms with Crippen molar-refractivity contribution in [3.63, 3.8) is 0 Å². The van der Waals surface area contributed by atoms with Crippen LogP contribution in [0.25, 0.3) is 11.1 Å². The fourth-order valence-electron chi connectivity index (χ4n) is 3.06. The normalized spacial score (nSPS) is 13.0. The minimum absolute atomic E-state index is 0.220. The Morgan fingerprint density at radius 1 is 0.929 bits per heavy atom. The van der Waals surface area contributed by atoms with Crippen molar-refractivity contribution in [1.29, 1.82) is 0 Å². The van der Waals surface area contributed by atoms with E-state index in [0.29, 0.717) is 38.7 Å². The molecule has 0 aliphatic heterocycles. The Hall–Kier alpha value is -2.35. The summed E-state index contributed by atoms with van der Waals surface area (Å²) in [6, 6.07) is 17.8. The Labute approximate surface area is 166 Å². The van der Waals surface area contributed by atoms with Gasteiger partial charge in [0.25, 0.3) is 0 Å². The smallest absolute Gasteiger partial charge is 0.451 e. The number of unbranched alkanes of at least 4 members (excludes halogenated alkanes) is 1. The van der Waals surface area contributed by atoms with Crippen molar-refractivity contribution in [2.45, 2.75) is 44.0 Å². The SMILES string of the molecule is NC(CCCCB(O)O)(CCCOc1ccc(-c2ccccc2)cc1)C(=O)O. The zero-order valence-electron chi connectivity index (χ0n) is 16.0. The van der Waals surface area contributed by atoms with Gasteiger partial charge < -0.3 is 25.6 Å². The molecule has 0 fully saturated rings. The van der Waals surface area contributed by atoms with Gasteiger partial charge in [-0.25, -0.2) is 0 Å². The first kappa shape index (κ1) is 21.9. The Kier molecular flexibility index (Phi) is 8.51. The molecule has 6 nitrogen and oxygen atoms in total. The molecule has 7 heteroatoms. The van der Waals surface area contributed by atoms with Crippen LogP contribution in [0, 0.1) is 0 Å². The fourth-order valence-corrected chi connectivity index (χ4v) is 3.06. The topological polar surface area (TPSA) is 113 Å². The van der Waals surface area contributed by atoms with E-state index in [2.05, 4.69) is 0 Å². The molecule has 0 heterocycles. The maximum absolute atomic E-state index is 11.5. The minimum atomic E-state index is -1.36. The zero-order valence-corrected chi connectivity index (χ0v) is 16.0. The zero-order chi connectivity index (χ0) is 20.4. The Bertz CT molecular complexity index is 723. The van der Waals surface area contributed by atoms with Crippen LogP contribution in [0.15, 0.2) is 54.6 Å². The highest BCUT2D eigenvalue weighted by Gasteiger charge is 2.32. The molecule has 28 heavy (non-hydrogen) atoms. The molecule has 150 valence electrons. The Morgan fingerprint density at radius 2 is 1.54 bits per heavy atom. The second-order valence-electron chi connectivity index (χ2n) is 7.03. The molecule has 2 rings (SSSR count). The number of benzene rings is 2. The summed E-state index contributed by atoms with van der Waals surface area (Å²) in [4.78, 5) is 11.5. The van der Waals surface area contributed by atoms with Gasteiger partial charge in [-0.05, 0) is 48.8 Å². The summed E-state index contributed by atoms with van der Waals surface area (Å²) < 4.78 is 5.71. The average Bonchev–Trinajstić information content (AvgIpc) is 2.69. The van der Waals surface area contributed by atoms with E-state index in [1.165, 1.54) is 0 Å². The first-order valence-corrected chi connectivity index (χ1v) is 9.57. The molecular formula is C21H28BNO5. The maximum Gasteiger partial charge on any atom is 0.451 e. The molecule has 0 aromatic heterocycles. The average molecular weight is 385 g/mol. The van der Waals surface area contributed by atoms with Gasteiger partial charge in [0.2, 0.25) is 0 Å². The molecule has 0 radical (unpaired) electrons. The number of carbonyl (C=O) groups is 1. The third kappa shape index (κ3) is 7.00. The Morgan fingerprint density at radius 3 is 2.14 bits per heavy atom. The van der Waals surface area contributed by atoms with Gasteiger partial charge in [-0.15, -0.1) is 0 Å². The van der Waals surface area contributed by atoms with Crippen LogP contribution >= 0.6 is 0 Å². The second-order valence-corrected chi connectivity index (χ2v) is 7.03. The number of carboxylic acid groups (broad SMARTS) is 1. The van der Waals surface area contributed by atoms with Crippen molar-refractivity contribution in [3.05, 3.63) is 54.6 Å². The van der Waals surface area contributed by atoms with Crippen molar-refractivity contribution < 1.29 is 24.7 Å². The van der Waals surface area contributed by atoms with Crippen molar-refractivity contribution in [2.75, 3.05) is 6.61 Å². The van der Waals surface area contributed by atoms with E-state index < -0.39 is 18.6 Å². The van der Waals surface area contributed by atoms with Gasteiger partial charge >= 0.3 is 13.1 Å². The van der Waals surface area contributed by atoms with Crippen molar-refractivity contribution in [3.8, 4) is 16.9 Å². The van der Waals surface area contributed by atoms with Crippen molar-refractivity contribution in [2.24, 2.45) is 5.73 Å². The maximum atomic E-state index is 11.5. The van der Waals surface area contributed by atoms with Crippen LogP contribution in [-0.4, -0.2) is 40.4 Å². The highest BCUT2D eigenvalue weighted by Crippen LogP contribution is 2.23. The largest absolute Gasteiger partial charge is 0.494 e. The lowest BCUT2D eigenvalue weighted by Crippen LogP contribution is -2.48. The standard InChI is InChI=1S/C21H28BNO5/c23-21(20(24)25,13-4-5-15-22(26)27)14-6-16-28-19-11-9-18(10-12-19)17-7-2-1-3-8-17/h1-3,7-12,26-27H,4-6,13-16,23H2,(H,24,25). The number of rotatable bonds is 12. The first-order valence-electron chi connectivity index (χ1n) is 9.57. The van der Waals surface area contributed by atoms with Crippen LogP contribution in [0.4, 0.5) is 0 Å². The van der Waals surface area contributed by atoms with Gasteiger partial charge in [-0.2, -0.15) is 0 Å². The van der Waals surface area contributed by atoms with Gasteiger partial charge in [0.1, 0.15) is 11.3 Å². The van der Waals surface area contributed by atoms with Crippen LogP contribution in [0.5, 0.6) is 5.75 Å². The number of nitrogens with two attached hydrogens (primary N) is 1. The lowest BCUT2D eigenvalue weighted by molar-refractivity contribution is -0.144. The van der Waals surface area contributed by atoms with E-state index in [-0.39, 0.29) is 6.32 Å². The number of hydrogen-bond acceptors (Lipinski definition) is 5. The van der Waals surface area contributed by atoms with E-state index in [9.17, 15) is 9.90 Å². The minimum Gasteiger partial charge on any atom is -0.494 e. The van der Waals surface area contributed by atoms with E-state index in [1.807, 2.05) is 54.6 Å². The van der Waals surface area contributed by atoms with E-state index in [4.69, 9.17) is 20.5 Å². The molecule has 0 amide bonds. The van der Waals surface area contributed by atoms with Crippen LogP contribution in [0.1, 0.15) is 32.1 Å².